The summed E-state index contributed by atoms with van der Waals surface area (Å²) >= 11 is 0. The minimum absolute atomic E-state index is 0.00509. The van der Waals surface area contributed by atoms with Gasteiger partial charge in [-0.1, -0.05) is 0 Å². The van der Waals surface area contributed by atoms with E-state index in [0.29, 0.717) is 18.2 Å². The molecular weight excluding hydrogens is 244 g/mol. The molecule has 0 aromatic carbocycles. The number of aromatic amines is 1. The van der Waals surface area contributed by atoms with Gasteiger partial charge in [-0.3, -0.25) is 14.7 Å². The number of carbonyl (C=O) groups excluding carboxylic acids is 2. The van der Waals surface area contributed by atoms with Gasteiger partial charge in [0.15, 0.2) is 0 Å². The van der Waals surface area contributed by atoms with Crippen LogP contribution in [0.2, 0.25) is 0 Å². The summed E-state index contributed by atoms with van der Waals surface area (Å²) in [5.41, 5.74) is 1.31. The highest BCUT2D eigenvalue weighted by Gasteiger charge is 2.37. The van der Waals surface area contributed by atoms with Crippen molar-refractivity contribution in [3.63, 3.8) is 0 Å². The van der Waals surface area contributed by atoms with Crippen LogP contribution in [0, 0.1) is 6.92 Å². The van der Waals surface area contributed by atoms with Crippen molar-refractivity contribution >= 4 is 11.8 Å². The number of likely N-dealkylation sites (tertiary alicyclic amines) is 1. The maximum Gasteiger partial charge on any atom is 0.257 e. The second-order valence-electron chi connectivity index (χ2n) is 5.35. The molecule has 0 bridgehead atoms. The van der Waals surface area contributed by atoms with Crippen molar-refractivity contribution in [1.29, 1.82) is 0 Å². The number of carbonyl (C=O) groups is 2. The molecule has 2 aliphatic rings. The summed E-state index contributed by atoms with van der Waals surface area (Å²) in [6, 6.07) is 0.0168. The lowest BCUT2D eigenvalue weighted by Crippen LogP contribution is -2.46. The van der Waals surface area contributed by atoms with Crippen molar-refractivity contribution in [1.82, 2.24) is 20.4 Å². The Kier molecular flexibility index (Phi) is 3.00. The average Bonchev–Trinajstić information content (AvgIpc) is 2.92. The van der Waals surface area contributed by atoms with Crippen LogP contribution in [0.25, 0.3) is 0 Å². The zero-order chi connectivity index (χ0) is 13.4. The summed E-state index contributed by atoms with van der Waals surface area (Å²) in [6.07, 6.45) is 5.29. The molecule has 1 unspecified atom stereocenters. The molecule has 1 aromatic rings. The van der Waals surface area contributed by atoms with E-state index < -0.39 is 0 Å². The average molecular weight is 262 g/mol. The van der Waals surface area contributed by atoms with Crippen LogP contribution in [-0.4, -0.2) is 45.5 Å². The van der Waals surface area contributed by atoms with E-state index in [1.54, 1.807) is 4.90 Å². The van der Waals surface area contributed by atoms with Gasteiger partial charge >= 0.3 is 0 Å². The third-order valence-electron chi connectivity index (χ3n) is 3.80. The van der Waals surface area contributed by atoms with E-state index in [1.165, 1.54) is 6.20 Å². The monoisotopic (exact) mass is 262 g/mol. The molecule has 2 N–H and O–H groups in total. The number of hydrogen-bond acceptors (Lipinski definition) is 3. The molecule has 1 saturated heterocycles. The van der Waals surface area contributed by atoms with E-state index in [0.717, 1.165) is 31.4 Å². The molecule has 102 valence electrons. The molecule has 2 amide bonds. The van der Waals surface area contributed by atoms with Crippen molar-refractivity contribution in [3.8, 4) is 0 Å². The van der Waals surface area contributed by atoms with Gasteiger partial charge < -0.3 is 10.2 Å². The zero-order valence-electron chi connectivity index (χ0n) is 11.0. The standard InChI is InChI=1S/C13H18N4O2/c1-8-10(7-14-16-8)13(19)17-6-2-3-11(17)12(18)15-9-4-5-9/h7,9,11H,2-6H2,1H3,(H,14,16)(H,15,18). The summed E-state index contributed by atoms with van der Waals surface area (Å²) in [7, 11) is 0. The Morgan fingerprint density at radius 3 is 2.84 bits per heavy atom. The highest BCUT2D eigenvalue weighted by molar-refractivity contribution is 5.98. The first kappa shape index (κ1) is 12.2. The Hall–Kier alpha value is -1.85. The van der Waals surface area contributed by atoms with Crippen LogP contribution in [0.15, 0.2) is 6.20 Å². The molecule has 3 rings (SSSR count). The van der Waals surface area contributed by atoms with Gasteiger partial charge in [0.25, 0.3) is 5.91 Å². The second-order valence-corrected chi connectivity index (χ2v) is 5.35. The normalized spacial score (nSPS) is 22.6. The van der Waals surface area contributed by atoms with Gasteiger partial charge in [-0.2, -0.15) is 5.10 Å². The molecule has 0 spiro atoms. The highest BCUT2D eigenvalue weighted by Crippen LogP contribution is 2.24. The molecule has 1 saturated carbocycles. The molecule has 19 heavy (non-hydrogen) atoms. The molecule has 1 aliphatic heterocycles. The predicted octanol–water partition coefficient (Wildman–Crippen LogP) is 0.601. The quantitative estimate of drug-likeness (QED) is 0.837. The number of rotatable bonds is 3. The lowest BCUT2D eigenvalue weighted by Gasteiger charge is -2.23. The SMILES string of the molecule is Cc1[nH]ncc1C(=O)N1CCCC1C(=O)NC1CC1. The van der Waals surface area contributed by atoms with Crippen molar-refractivity contribution in [3.05, 3.63) is 17.5 Å². The van der Waals surface area contributed by atoms with Crippen LogP contribution >= 0.6 is 0 Å². The Morgan fingerprint density at radius 1 is 1.42 bits per heavy atom. The molecule has 2 heterocycles. The van der Waals surface area contributed by atoms with E-state index in [9.17, 15) is 9.59 Å². The van der Waals surface area contributed by atoms with E-state index >= 15 is 0 Å². The molecule has 6 nitrogen and oxygen atoms in total. The Labute approximate surface area is 111 Å². The zero-order valence-corrected chi connectivity index (χ0v) is 11.0. The molecular formula is C13H18N4O2. The molecule has 1 aromatic heterocycles. The second kappa shape index (κ2) is 4.68. The van der Waals surface area contributed by atoms with Crippen molar-refractivity contribution in [2.24, 2.45) is 0 Å². The van der Waals surface area contributed by atoms with Crippen molar-refractivity contribution in [2.45, 2.75) is 44.7 Å². The number of aryl methyl sites for hydroxylation is 1. The van der Waals surface area contributed by atoms with Crippen LogP contribution in [0.4, 0.5) is 0 Å². The summed E-state index contributed by atoms with van der Waals surface area (Å²) in [5, 5.41) is 9.61. The molecule has 1 aliphatic carbocycles. The predicted molar refractivity (Wildman–Crippen MR) is 68.5 cm³/mol. The molecule has 6 heteroatoms. The fraction of sp³-hybridized carbons (Fsp3) is 0.615. The first-order valence-corrected chi connectivity index (χ1v) is 6.78. The van der Waals surface area contributed by atoms with Crippen LogP contribution in [0.5, 0.6) is 0 Å². The fourth-order valence-electron chi connectivity index (χ4n) is 2.53. The number of nitrogens with one attached hydrogen (secondary N) is 2. The first-order chi connectivity index (χ1) is 9.16. The van der Waals surface area contributed by atoms with Crippen LogP contribution in [0.1, 0.15) is 41.7 Å². The third-order valence-corrected chi connectivity index (χ3v) is 3.80. The van der Waals surface area contributed by atoms with Gasteiger partial charge in [-0.15, -0.1) is 0 Å². The van der Waals surface area contributed by atoms with E-state index in [1.807, 2.05) is 6.92 Å². The lowest BCUT2D eigenvalue weighted by molar-refractivity contribution is -0.125. The number of aromatic nitrogens is 2. The fourth-order valence-corrected chi connectivity index (χ4v) is 2.53. The summed E-state index contributed by atoms with van der Waals surface area (Å²) in [5.74, 6) is -0.103. The minimum Gasteiger partial charge on any atom is -0.352 e. The lowest BCUT2D eigenvalue weighted by atomic mass is 10.1. The smallest absolute Gasteiger partial charge is 0.257 e. The van der Waals surface area contributed by atoms with Gasteiger partial charge in [0.05, 0.1) is 11.8 Å². The topological polar surface area (TPSA) is 78.1 Å². The Bertz CT molecular complexity index is 506. The van der Waals surface area contributed by atoms with Crippen molar-refractivity contribution < 1.29 is 9.59 Å². The van der Waals surface area contributed by atoms with E-state index in [2.05, 4.69) is 15.5 Å². The first-order valence-electron chi connectivity index (χ1n) is 6.78. The van der Waals surface area contributed by atoms with Gasteiger partial charge in [-0.05, 0) is 32.6 Å². The highest BCUT2D eigenvalue weighted by atomic mass is 16.2. The van der Waals surface area contributed by atoms with Gasteiger partial charge in [-0.25, -0.2) is 0 Å². The molecule has 1 atom stereocenters. The van der Waals surface area contributed by atoms with Crippen LogP contribution < -0.4 is 5.32 Å². The maximum absolute atomic E-state index is 12.4. The summed E-state index contributed by atoms with van der Waals surface area (Å²) < 4.78 is 0. The summed E-state index contributed by atoms with van der Waals surface area (Å²) in [4.78, 5) is 26.2. The maximum atomic E-state index is 12.4. The largest absolute Gasteiger partial charge is 0.352 e. The van der Waals surface area contributed by atoms with E-state index in [4.69, 9.17) is 0 Å². The van der Waals surface area contributed by atoms with Crippen molar-refractivity contribution in [2.75, 3.05) is 6.54 Å². The molecule has 0 radical (unpaired) electrons. The number of nitrogens with zero attached hydrogens (tertiary/aromatic N) is 2. The van der Waals surface area contributed by atoms with Crippen LogP contribution in [0.3, 0.4) is 0 Å². The van der Waals surface area contributed by atoms with Gasteiger partial charge in [0, 0.05) is 18.3 Å². The Morgan fingerprint density at radius 2 is 2.21 bits per heavy atom. The van der Waals surface area contributed by atoms with Crippen LogP contribution in [-0.2, 0) is 4.79 Å². The summed E-state index contributed by atoms with van der Waals surface area (Å²) in [6.45, 7) is 2.46. The van der Waals surface area contributed by atoms with Gasteiger partial charge in [0.2, 0.25) is 5.91 Å². The number of hydrogen-bond donors (Lipinski definition) is 2. The Balaban J connectivity index is 1.73. The van der Waals surface area contributed by atoms with Gasteiger partial charge in [0.1, 0.15) is 6.04 Å². The number of H-pyrrole nitrogens is 1. The minimum atomic E-state index is -0.317. The van der Waals surface area contributed by atoms with E-state index in [-0.39, 0.29) is 17.9 Å². The molecule has 2 fully saturated rings. The third kappa shape index (κ3) is 2.34. The number of amides is 2.